The first-order valence-electron chi connectivity index (χ1n) is 5.63. The van der Waals surface area contributed by atoms with E-state index < -0.39 is 4.92 Å². The van der Waals surface area contributed by atoms with Crippen LogP contribution >= 0.6 is 15.9 Å². The van der Waals surface area contributed by atoms with Crippen LogP contribution in [-0.2, 0) is 0 Å². The molecule has 7 nitrogen and oxygen atoms in total. The van der Waals surface area contributed by atoms with Crippen LogP contribution in [0.15, 0.2) is 29.0 Å². The van der Waals surface area contributed by atoms with Crippen LogP contribution in [0.2, 0.25) is 0 Å². The van der Waals surface area contributed by atoms with Gasteiger partial charge < -0.3 is 10.1 Å². The average molecular weight is 339 g/mol. The van der Waals surface area contributed by atoms with Crippen molar-refractivity contribution in [2.24, 2.45) is 0 Å². The molecule has 0 amide bonds. The van der Waals surface area contributed by atoms with Crippen molar-refractivity contribution >= 4 is 27.4 Å². The van der Waals surface area contributed by atoms with Crippen LogP contribution in [0.3, 0.4) is 0 Å². The highest BCUT2D eigenvalue weighted by atomic mass is 79.9. The Morgan fingerprint density at radius 3 is 2.75 bits per heavy atom. The monoisotopic (exact) mass is 338 g/mol. The van der Waals surface area contributed by atoms with Crippen LogP contribution in [0.25, 0.3) is 0 Å². The number of aromatic nitrogens is 2. The van der Waals surface area contributed by atoms with Crippen molar-refractivity contribution in [2.75, 3.05) is 12.4 Å². The second kappa shape index (κ2) is 5.83. The van der Waals surface area contributed by atoms with Crippen molar-refractivity contribution in [3.8, 4) is 11.6 Å². The Morgan fingerprint density at radius 2 is 2.10 bits per heavy atom. The van der Waals surface area contributed by atoms with Gasteiger partial charge in [0.25, 0.3) is 0 Å². The van der Waals surface area contributed by atoms with Crippen LogP contribution in [0.5, 0.6) is 11.6 Å². The molecule has 104 valence electrons. The Kier molecular flexibility index (Phi) is 4.14. The fraction of sp³-hybridized carbons (Fsp3) is 0.167. The molecule has 0 radical (unpaired) electrons. The normalized spacial score (nSPS) is 10.2. The lowest BCUT2D eigenvalue weighted by atomic mass is 10.2. The van der Waals surface area contributed by atoms with Gasteiger partial charge in [-0.15, -0.1) is 0 Å². The fourth-order valence-electron chi connectivity index (χ4n) is 1.62. The first-order chi connectivity index (χ1) is 9.51. The lowest BCUT2D eigenvalue weighted by Crippen LogP contribution is -1.99. The summed E-state index contributed by atoms with van der Waals surface area (Å²) < 4.78 is 6.16. The molecule has 0 fully saturated rings. The van der Waals surface area contributed by atoms with Crippen LogP contribution < -0.4 is 10.1 Å². The number of anilines is 1. The summed E-state index contributed by atoms with van der Waals surface area (Å²) in [5, 5.41) is 13.9. The van der Waals surface area contributed by atoms with E-state index in [4.69, 9.17) is 4.74 Å². The predicted molar refractivity (Wildman–Crippen MR) is 77.2 cm³/mol. The van der Waals surface area contributed by atoms with Crippen molar-refractivity contribution in [2.45, 2.75) is 6.92 Å². The summed E-state index contributed by atoms with van der Waals surface area (Å²) in [7, 11) is 1.71. The van der Waals surface area contributed by atoms with Gasteiger partial charge in [-0.2, -0.15) is 0 Å². The van der Waals surface area contributed by atoms with E-state index in [0.29, 0.717) is 15.9 Å². The van der Waals surface area contributed by atoms with Crippen LogP contribution in [0, 0.1) is 17.0 Å². The highest BCUT2D eigenvalue weighted by Gasteiger charge is 2.20. The number of nitrogens with one attached hydrogen (secondary N) is 1. The lowest BCUT2D eigenvalue weighted by molar-refractivity contribution is -0.385. The Bertz CT molecular complexity index is 663. The van der Waals surface area contributed by atoms with Crippen LogP contribution in [0.1, 0.15) is 5.56 Å². The minimum atomic E-state index is -0.493. The van der Waals surface area contributed by atoms with Crippen molar-refractivity contribution in [3.63, 3.8) is 0 Å². The number of nitro groups is 1. The average Bonchev–Trinajstić information content (AvgIpc) is 2.41. The molecule has 0 saturated carbocycles. The molecule has 0 atom stereocenters. The van der Waals surface area contributed by atoms with Crippen LogP contribution in [-0.4, -0.2) is 21.9 Å². The standard InChI is InChI=1S/C12H11BrN4O3/c1-7-3-8(13)4-9(17(18)19)12(7)20-11-5-10(14-2)15-6-16-11/h3-6H,1-2H3,(H,14,15,16). The summed E-state index contributed by atoms with van der Waals surface area (Å²) in [5.41, 5.74) is 0.511. The number of hydrogen-bond acceptors (Lipinski definition) is 6. The van der Waals surface area contributed by atoms with Gasteiger partial charge in [-0.05, 0) is 13.0 Å². The molecule has 0 unspecified atom stereocenters. The Balaban J connectivity index is 2.44. The smallest absolute Gasteiger partial charge is 0.313 e. The molecule has 0 aliphatic rings. The number of nitrogens with zero attached hydrogens (tertiary/aromatic N) is 3. The molecular formula is C12H11BrN4O3. The molecular weight excluding hydrogens is 328 g/mol. The zero-order valence-electron chi connectivity index (χ0n) is 10.8. The number of benzene rings is 1. The van der Waals surface area contributed by atoms with Crippen molar-refractivity contribution in [1.82, 2.24) is 9.97 Å². The van der Waals surface area contributed by atoms with E-state index in [0.717, 1.165) is 0 Å². The largest absolute Gasteiger partial charge is 0.431 e. The van der Waals surface area contributed by atoms with E-state index in [2.05, 4.69) is 31.2 Å². The highest BCUT2D eigenvalue weighted by molar-refractivity contribution is 9.10. The third kappa shape index (κ3) is 3.02. The maximum atomic E-state index is 11.1. The number of hydrogen-bond donors (Lipinski definition) is 1. The highest BCUT2D eigenvalue weighted by Crippen LogP contribution is 2.36. The Labute approximate surface area is 123 Å². The Morgan fingerprint density at radius 1 is 1.35 bits per heavy atom. The molecule has 1 aromatic heterocycles. The molecule has 2 aromatic rings. The van der Waals surface area contributed by atoms with Crippen molar-refractivity contribution in [3.05, 3.63) is 44.7 Å². The summed E-state index contributed by atoms with van der Waals surface area (Å²) in [6.45, 7) is 1.73. The quantitative estimate of drug-likeness (QED) is 0.679. The number of nitro benzene ring substituents is 1. The van der Waals surface area contributed by atoms with E-state index in [1.807, 2.05) is 0 Å². The number of rotatable bonds is 4. The van der Waals surface area contributed by atoms with Gasteiger partial charge in [0.2, 0.25) is 11.6 Å². The third-order valence-corrected chi connectivity index (χ3v) is 2.98. The van der Waals surface area contributed by atoms with Gasteiger partial charge in [0.05, 0.1) is 4.92 Å². The van der Waals surface area contributed by atoms with Crippen molar-refractivity contribution < 1.29 is 9.66 Å². The maximum Gasteiger partial charge on any atom is 0.313 e. The number of halogens is 1. The summed E-state index contributed by atoms with van der Waals surface area (Å²) in [6.07, 6.45) is 1.32. The molecule has 8 heteroatoms. The second-order valence-electron chi connectivity index (χ2n) is 3.92. The maximum absolute atomic E-state index is 11.1. The topological polar surface area (TPSA) is 90.2 Å². The zero-order chi connectivity index (χ0) is 14.7. The van der Waals surface area contributed by atoms with Gasteiger partial charge in [0, 0.05) is 29.2 Å². The predicted octanol–water partition coefficient (Wildman–Crippen LogP) is 3.29. The van der Waals surface area contributed by atoms with E-state index in [1.54, 1.807) is 26.1 Å². The lowest BCUT2D eigenvalue weighted by Gasteiger charge is -2.09. The molecule has 0 spiro atoms. The summed E-state index contributed by atoms with van der Waals surface area (Å²) in [4.78, 5) is 18.5. The fourth-order valence-corrected chi connectivity index (χ4v) is 2.18. The van der Waals surface area contributed by atoms with Gasteiger partial charge in [-0.25, -0.2) is 9.97 Å². The van der Waals surface area contributed by atoms with E-state index in [1.165, 1.54) is 12.4 Å². The second-order valence-corrected chi connectivity index (χ2v) is 4.84. The van der Waals surface area contributed by atoms with Gasteiger partial charge in [0.15, 0.2) is 0 Å². The SMILES string of the molecule is CNc1cc(Oc2c(C)cc(Br)cc2[N+](=O)[O-])ncn1. The van der Waals surface area contributed by atoms with E-state index >= 15 is 0 Å². The Hall–Kier alpha value is -2.22. The third-order valence-electron chi connectivity index (χ3n) is 2.52. The molecule has 0 saturated heterocycles. The van der Waals surface area contributed by atoms with Gasteiger partial charge >= 0.3 is 5.69 Å². The molecule has 1 aromatic carbocycles. The molecule has 0 aliphatic heterocycles. The van der Waals surface area contributed by atoms with Crippen LogP contribution in [0.4, 0.5) is 11.5 Å². The minimum Gasteiger partial charge on any atom is -0.431 e. The minimum absolute atomic E-state index is 0.124. The molecule has 20 heavy (non-hydrogen) atoms. The first-order valence-corrected chi connectivity index (χ1v) is 6.42. The van der Waals surface area contributed by atoms with Gasteiger partial charge in [-0.1, -0.05) is 15.9 Å². The number of ether oxygens (including phenoxy) is 1. The molecule has 0 aliphatic carbocycles. The molecule has 1 heterocycles. The van der Waals surface area contributed by atoms with E-state index in [9.17, 15) is 10.1 Å². The molecule has 1 N–H and O–H groups in total. The van der Waals surface area contributed by atoms with Crippen molar-refractivity contribution in [1.29, 1.82) is 0 Å². The van der Waals surface area contributed by atoms with Gasteiger partial charge in [0.1, 0.15) is 12.1 Å². The van der Waals surface area contributed by atoms with E-state index in [-0.39, 0.29) is 17.3 Å². The molecule has 0 bridgehead atoms. The summed E-state index contributed by atoms with van der Waals surface area (Å²) in [6, 6.07) is 4.69. The number of aryl methyl sites for hydroxylation is 1. The zero-order valence-corrected chi connectivity index (χ0v) is 12.3. The first kappa shape index (κ1) is 14.2. The summed E-state index contributed by atoms with van der Waals surface area (Å²) >= 11 is 3.23. The molecule has 2 rings (SSSR count). The summed E-state index contributed by atoms with van der Waals surface area (Å²) in [5.74, 6) is 0.962. The van der Waals surface area contributed by atoms with Gasteiger partial charge in [-0.3, -0.25) is 10.1 Å².